The zero-order valence-corrected chi connectivity index (χ0v) is 13.4. The lowest BCUT2D eigenvalue weighted by atomic mass is 10.2. The molecule has 0 aliphatic heterocycles. The predicted octanol–water partition coefficient (Wildman–Crippen LogP) is 4.22. The van der Waals surface area contributed by atoms with Crippen LogP contribution in [0.1, 0.15) is 29.9 Å². The largest absolute Gasteiger partial charge is 0.483 e. The molecule has 2 aromatic heterocycles. The lowest BCUT2D eigenvalue weighted by Crippen LogP contribution is -2.08. The molecule has 0 saturated carbocycles. The Morgan fingerprint density at radius 3 is 2.61 bits per heavy atom. The topological polar surface area (TPSA) is 61.6 Å². The molecule has 0 spiro atoms. The molecular formula is C18H19NO4. The van der Waals surface area contributed by atoms with Crippen LogP contribution in [0.15, 0.2) is 53.3 Å². The summed E-state index contributed by atoms with van der Waals surface area (Å²) < 4.78 is 15.9. The van der Waals surface area contributed by atoms with Crippen LogP contribution in [0, 0.1) is 0 Å². The maximum Gasteiger partial charge on any atom is 0.360 e. The summed E-state index contributed by atoms with van der Waals surface area (Å²) in [7, 11) is 1.30. The van der Waals surface area contributed by atoms with Gasteiger partial charge in [-0.05, 0) is 11.6 Å². The summed E-state index contributed by atoms with van der Waals surface area (Å²) in [4.78, 5) is 15.9. The number of rotatable bonds is 4. The molecule has 0 fully saturated rings. The van der Waals surface area contributed by atoms with E-state index in [1.54, 1.807) is 12.3 Å². The molecular weight excluding hydrogens is 294 g/mol. The minimum absolute atomic E-state index is 0.107. The zero-order valence-electron chi connectivity index (χ0n) is 13.4. The van der Waals surface area contributed by atoms with Crippen molar-refractivity contribution < 1.29 is 18.7 Å². The highest BCUT2D eigenvalue weighted by atomic mass is 16.5. The molecule has 23 heavy (non-hydrogen) atoms. The molecule has 0 amide bonds. The van der Waals surface area contributed by atoms with Crippen molar-refractivity contribution in [2.75, 3.05) is 7.11 Å². The predicted molar refractivity (Wildman–Crippen MR) is 87.5 cm³/mol. The number of esters is 1. The van der Waals surface area contributed by atoms with E-state index in [1.807, 2.05) is 44.2 Å². The molecule has 3 rings (SSSR count). The first-order chi connectivity index (χ1) is 11.3. The third-order valence-electron chi connectivity index (χ3n) is 3.05. The molecule has 0 unspecified atom stereocenters. The fraction of sp³-hybridized carbons (Fsp3) is 0.222. The van der Waals surface area contributed by atoms with Gasteiger partial charge < -0.3 is 13.9 Å². The van der Waals surface area contributed by atoms with Gasteiger partial charge in [0.15, 0.2) is 17.0 Å². The maximum absolute atomic E-state index is 11.8. The first-order valence-corrected chi connectivity index (χ1v) is 7.41. The zero-order chi connectivity index (χ0) is 16.7. The Labute approximate surface area is 134 Å². The number of methoxy groups -OCH3 is 1. The van der Waals surface area contributed by atoms with Crippen molar-refractivity contribution in [3.63, 3.8) is 0 Å². The maximum atomic E-state index is 11.8. The van der Waals surface area contributed by atoms with Crippen LogP contribution in [-0.4, -0.2) is 18.1 Å². The summed E-state index contributed by atoms with van der Waals surface area (Å²) >= 11 is 0. The van der Waals surface area contributed by atoms with Crippen LogP contribution in [-0.2, 0) is 11.3 Å². The van der Waals surface area contributed by atoms with Gasteiger partial charge in [0, 0.05) is 11.6 Å². The molecule has 2 heterocycles. The Morgan fingerprint density at radius 2 is 1.91 bits per heavy atom. The van der Waals surface area contributed by atoms with E-state index in [-0.39, 0.29) is 5.69 Å². The van der Waals surface area contributed by atoms with Crippen molar-refractivity contribution in [2.24, 2.45) is 0 Å². The molecule has 5 heteroatoms. The van der Waals surface area contributed by atoms with Gasteiger partial charge in [0.2, 0.25) is 0 Å². The van der Waals surface area contributed by atoms with E-state index in [2.05, 4.69) is 4.98 Å². The number of carbonyl (C=O) groups is 1. The molecule has 3 aromatic rings. The lowest BCUT2D eigenvalue weighted by molar-refractivity contribution is 0.0588. The summed E-state index contributed by atoms with van der Waals surface area (Å²) in [6, 6.07) is 11.4. The van der Waals surface area contributed by atoms with E-state index in [4.69, 9.17) is 13.9 Å². The number of pyridine rings is 1. The number of aromatic nitrogens is 1. The molecule has 0 N–H and O–H groups in total. The van der Waals surface area contributed by atoms with E-state index >= 15 is 0 Å². The van der Waals surface area contributed by atoms with Gasteiger partial charge >= 0.3 is 5.97 Å². The van der Waals surface area contributed by atoms with Crippen molar-refractivity contribution in [2.45, 2.75) is 20.5 Å². The quantitative estimate of drug-likeness (QED) is 0.675. The second-order valence-corrected chi connectivity index (χ2v) is 4.41. The third-order valence-corrected chi connectivity index (χ3v) is 3.05. The van der Waals surface area contributed by atoms with Crippen LogP contribution in [0.4, 0.5) is 0 Å². The molecule has 0 bridgehead atoms. The number of hydrogen-bond acceptors (Lipinski definition) is 5. The highest BCUT2D eigenvalue weighted by Gasteiger charge is 2.20. The molecule has 0 aliphatic carbocycles. The number of nitrogens with zero attached hydrogens (tertiary/aromatic N) is 1. The van der Waals surface area contributed by atoms with Crippen LogP contribution >= 0.6 is 0 Å². The van der Waals surface area contributed by atoms with Crippen LogP contribution in [0.3, 0.4) is 0 Å². The number of ether oxygens (including phenoxy) is 2. The average molecular weight is 313 g/mol. The lowest BCUT2D eigenvalue weighted by Gasteiger charge is -2.10. The van der Waals surface area contributed by atoms with E-state index in [0.29, 0.717) is 17.9 Å². The van der Waals surface area contributed by atoms with E-state index < -0.39 is 5.97 Å². The summed E-state index contributed by atoms with van der Waals surface area (Å²) in [6.45, 7) is 4.31. The first kappa shape index (κ1) is 16.5. The van der Waals surface area contributed by atoms with Crippen LogP contribution in [0.25, 0.3) is 11.0 Å². The van der Waals surface area contributed by atoms with Crippen molar-refractivity contribution in [1.82, 2.24) is 4.98 Å². The molecule has 5 nitrogen and oxygen atoms in total. The monoisotopic (exact) mass is 313 g/mol. The fourth-order valence-electron chi connectivity index (χ4n) is 2.01. The Balaban J connectivity index is 0.000000924. The number of hydrogen-bond donors (Lipinski definition) is 0. The molecule has 0 saturated heterocycles. The number of fused-ring (bicyclic) bond motifs is 1. The van der Waals surface area contributed by atoms with E-state index in [0.717, 1.165) is 10.9 Å². The van der Waals surface area contributed by atoms with Gasteiger partial charge in [0.25, 0.3) is 0 Å². The van der Waals surface area contributed by atoms with Gasteiger partial charge in [-0.1, -0.05) is 44.2 Å². The summed E-state index contributed by atoms with van der Waals surface area (Å²) in [6.07, 6.45) is 3.09. The average Bonchev–Trinajstić information content (AvgIpc) is 3.10. The van der Waals surface area contributed by atoms with Gasteiger partial charge in [-0.3, -0.25) is 0 Å². The van der Waals surface area contributed by atoms with Gasteiger partial charge in [0.05, 0.1) is 13.4 Å². The molecule has 120 valence electrons. The van der Waals surface area contributed by atoms with Gasteiger partial charge in [-0.2, -0.15) is 0 Å². The van der Waals surface area contributed by atoms with Gasteiger partial charge in [-0.25, -0.2) is 9.78 Å². The normalized spacial score (nSPS) is 9.87. The third kappa shape index (κ3) is 3.69. The standard InChI is InChI=1S/C16H13NO4.C2H6/c1-19-16(18)13-15(14-12(9-17-13)7-8-20-14)21-10-11-5-3-2-4-6-11;1-2/h2-9H,10H2,1H3;1-2H3. The molecule has 0 atom stereocenters. The Hall–Kier alpha value is -2.82. The fourth-order valence-corrected chi connectivity index (χ4v) is 2.01. The summed E-state index contributed by atoms with van der Waals surface area (Å²) in [5, 5.41) is 0.769. The molecule has 0 aliphatic rings. The Kier molecular flexibility index (Phi) is 5.74. The Morgan fingerprint density at radius 1 is 1.17 bits per heavy atom. The van der Waals surface area contributed by atoms with Crippen LogP contribution in [0.5, 0.6) is 5.75 Å². The number of carbonyl (C=O) groups excluding carboxylic acids is 1. The highest BCUT2D eigenvalue weighted by molar-refractivity contribution is 5.96. The summed E-state index contributed by atoms with van der Waals surface area (Å²) in [5.41, 5.74) is 1.58. The molecule has 0 radical (unpaired) electrons. The first-order valence-electron chi connectivity index (χ1n) is 7.41. The van der Waals surface area contributed by atoms with Crippen molar-refractivity contribution in [3.8, 4) is 5.75 Å². The number of benzene rings is 1. The van der Waals surface area contributed by atoms with E-state index in [1.165, 1.54) is 13.4 Å². The SMILES string of the molecule is CC.COC(=O)c1ncc2ccoc2c1OCc1ccccc1. The second-order valence-electron chi connectivity index (χ2n) is 4.41. The van der Waals surface area contributed by atoms with Crippen LogP contribution in [0.2, 0.25) is 0 Å². The Bertz CT molecular complexity index is 765. The van der Waals surface area contributed by atoms with Crippen molar-refractivity contribution >= 4 is 16.9 Å². The van der Waals surface area contributed by atoms with Crippen molar-refractivity contribution in [1.29, 1.82) is 0 Å². The van der Waals surface area contributed by atoms with Crippen LogP contribution < -0.4 is 4.74 Å². The van der Waals surface area contributed by atoms with E-state index in [9.17, 15) is 4.79 Å². The van der Waals surface area contributed by atoms with Gasteiger partial charge in [0.1, 0.15) is 6.61 Å². The summed E-state index contributed by atoms with van der Waals surface area (Å²) in [5.74, 6) is -0.260. The highest BCUT2D eigenvalue weighted by Crippen LogP contribution is 2.30. The second kappa shape index (κ2) is 7.98. The minimum atomic E-state index is -0.559. The smallest absolute Gasteiger partial charge is 0.360 e. The number of furan rings is 1. The molecule has 1 aromatic carbocycles. The van der Waals surface area contributed by atoms with Gasteiger partial charge in [-0.15, -0.1) is 0 Å². The van der Waals surface area contributed by atoms with Crippen molar-refractivity contribution in [3.05, 3.63) is 60.1 Å². The minimum Gasteiger partial charge on any atom is -0.483 e.